The number of fused-ring (bicyclic) bond motifs is 1. The van der Waals surface area contributed by atoms with Crippen molar-refractivity contribution in [3.8, 4) is 11.4 Å². The molecule has 0 amide bonds. The summed E-state index contributed by atoms with van der Waals surface area (Å²) in [7, 11) is 0. The summed E-state index contributed by atoms with van der Waals surface area (Å²) in [4.78, 5) is 15.7. The molecule has 0 spiro atoms. The topological polar surface area (TPSA) is 80.5 Å². The summed E-state index contributed by atoms with van der Waals surface area (Å²) < 4.78 is 0. The standard InChI is InChI=1S/C13H13N5/c14-5-4-9-2-1-3-10(6-9)12-17-11-7-15-8-16-13(11)18-12/h1-3,6-8H,4-5,14H2,(H,15,16,17,18). The van der Waals surface area contributed by atoms with E-state index in [-0.39, 0.29) is 0 Å². The highest BCUT2D eigenvalue weighted by Gasteiger charge is 2.06. The zero-order valence-electron chi connectivity index (χ0n) is 9.80. The molecule has 0 radical (unpaired) electrons. The molecule has 5 heteroatoms. The molecule has 5 nitrogen and oxygen atoms in total. The first-order valence-electron chi connectivity index (χ1n) is 5.82. The van der Waals surface area contributed by atoms with Gasteiger partial charge in [0.15, 0.2) is 5.65 Å². The first-order valence-corrected chi connectivity index (χ1v) is 5.82. The Balaban J connectivity index is 2.05. The molecule has 3 N–H and O–H groups in total. The van der Waals surface area contributed by atoms with Gasteiger partial charge in [0.25, 0.3) is 0 Å². The van der Waals surface area contributed by atoms with E-state index < -0.39 is 0 Å². The Morgan fingerprint density at radius 2 is 2.22 bits per heavy atom. The van der Waals surface area contributed by atoms with E-state index in [1.54, 1.807) is 6.20 Å². The van der Waals surface area contributed by atoms with Crippen molar-refractivity contribution >= 4 is 11.2 Å². The van der Waals surface area contributed by atoms with E-state index >= 15 is 0 Å². The zero-order chi connectivity index (χ0) is 12.4. The third-order valence-electron chi connectivity index (χ3n) is 2.80. The zero-order valence-corrected chi connectivity index (χ0v) is 9.80. The number of aromatic amines is 1. The second-order valence-corrected chi connectivity index (χ2v) is 4.08. The maximum Gasteiger partial charge on any atom is 0.181 e. The highest BCUT2D eigenvalue weighted by molar-refractivity contribution is 5.74. The second kappa shape index (κ2) is 4.54. The fourth-order valence-electron chi connectivity index (χ4n) is 1.94. The first kappa shape index (κ1) is 10.9. The molecule has 18 heavy (non-hydrogen) atoms. The van der Waals surface area contributed by atoms with E-state index in [0.29, 0.717) is 12.2 Å². The predicted octanol–water partition coefficient (Wildman–Crippen LogP) is 1.52. The summed E-state index contributed by atoms with van der Waals surface area (Å²) in [6.07, 6.45) is 4.09. The van der Waals surface area contributed by atoms with Gasteiger partial charge in [-0.15, -0.1) is 0 Å². The van der Waals surface area contributed by atoms with Crippen molar-refractivity contribution in [1.82, 2.24) is 19.9 Å². The van der Waals surface area contributed by atoms with Crippen LogP contribution in [0, 0.1) is 0 Å². The van der Waals surface area contributed by atoms with Crippen molar-refractivity contribution in [2.24, 2.45) is 5.73 Å². The van der Waals surface area contributed by atoms with Crippen LogP contribution in [0.4, 0.5) is 0 Å². The molecular weight excluding hydrogens is 226 g/mol. The minimum atomic E-state index is 0.648. The SMILES string of the molecule is NCCc1cccc(-c2nc3ncncc3[nH]2)c1. The molecular formula is C13H13N5. The summed E-state index contributed by atoms with van der Waals surface area (Å²) >= 11 is 0. The van der Waals surface area contributed by atoms with Crippen molar-refractivity contribution in [3.05, 3.63) is 42.4 Å². The van der Waals surface area contributed by atoms with E-state index in [9.17, 15) is 0 Å². The van der Waals surface area contributed by atoms with Crippen LogP contribution in [0.5, 0.6) is 0 Å². The quantitative estimate of drug-likeness (QED) is 0.726. The highest BCUT2D eigenvalue weighted by atomic mass is 15.0. The van der Waals surface area contributed by atoms with Gasteiger partial charge in [-0.1, -0.05) is 18.2 Å². The maximum atomic E-state index is 5.57. The Hall–Kier alpha value is -2.27. The molecule has 0 unspecified atom stereocenters. The molecule has 3 rings (SSSR count). The number of hydrogen-bond acceptors (Lipinski definition) is 4. The fraction of sp³-hybridized carbons (Fsp3) is 0.154. The molecule has 0 bridgehead atoms. The van der Waals surface area contributed by atoms with E-state index in [2.05, 4.69) is 32.1 Å². The lowest BCUT2D eigenvalue weighted by molar-refractivity contribution is 0.969. The van der Waals surface area contributed by atoms with Crippen LogP contribution in [0.25, 0.3) is 22.6 Å². The summed E-state index contributed by atoms with van der Waals surface area (Å²) in [6, 6.07) is 8.20. The van der Waals surface area contributed by atoms with Crippen molar-refractivity contribution in [2.75, 3.05) is 6.54 Å². The van der Waals surface area contributed by atoms with Crippen molar-refractivity contribution < 1.29 is 0 Å². The Kier molecular flexibility index (Phi) is 2.74. The summed E-state index contributed by atoms with van der Waals surface area (Å²) in [6.45, 7) is 0.648. The molecule has 1 aromatic carbocycles. The molecule has 0 saturated carbocycles. The molecule has 0 fully saturated rings. The number of nitrogens with zero attached hydrogens (tertiary/aromatic N) is 3. The second-order valence-electron chi connectivity index (χ2n) is 4.08. The normalized spacial score (nSPS) is 10.9. The average Bonchev–Trinajstić information content (AvgIpc) is 2.83. The van der Waals surface area contributed by atoms with Crippen LogP contribution >= 0.6 is 0 Å². The number of benzene rings is 1. The van der Waals surface area contributed by atoms with Gasteiger partial charge in [0.1, 0.15) is 17.7 Å². The molecule has 0 aliphatic heterocycles. The van der Waals surface area contributed by atoms with Crippen LogP contribution in [-0.4, -0.2) is 26.5 Å². The first-order chi connectivity index (χ1) is 8.86. The average molecular weight is 239 g/mol. The van der Waals surface area contributed by atoms with Gasteiger partial charge in [-0.25, -0.2) is 15.0 Å². The fourth-order valence-corrected chi connectivity index (χ4v) is 1.94. The number of imidazole rings is 1. The Morgan fingerprint density at radius 1 is 1.28 bits per heavy atom. The van der Waals surface area contributed by atoms with Crippen LogP contribution < -0.4 is 5.73 Å². The van der Waals surface area contributed by atoms with E-state index in [4.69, 9.17) is 5.73 Å². The lowest BCUT2D eigenvalue weighted by atomic mass is 10.1. The molecule has 0 saturated heterocycles. The van der Waals surface area contributed by atoms with Crippen molar-refractivity contribution in [1.29, 1.82) is 0 Å². The van der Waals surface area contributed by atoms with Gasteiger partial charge in [0, 0.05) is 5.56 Å². The van der Waals surface area contributed by atoms with Crippen LogP contribution in [0.3, 0.4) is 0 Å². The molecule has 0 aliphatic carbocycles. The number of H-pyrrole nitrogens is 1. The monoisotopic (exact) mass is 239 g/mol. The minimum Gasteiger partial charge on any atom is -0.335 e. The van der Waals surface area contributed by atoms with Gasteiger partial charge in [-0.3, -0.25) is 0 Å². The molecule has 90 valence electrons. The Labute approximate surface area is 104 Å². The van der Waals surface area contributed by atoms with Gasteiger partial charge >= 0.3 is 0 Å². The number of nitrogens with one attached hydrogen (secondary N) is 1. The van der Waals surface area contributed by atoms with Crippen LogP contribution in [-0.2, 0) is 6.42 Å². The van der Waals surface area contributed by atoms with E-state index in [0.717, 1.165) is 23.3 Å². The van der Waals surface area contributed by atoms with Gasteiger partial charge in [0.2, 0.25) is 0 Å². The van der Waals surface area contributed by atoms with E-state index in [1.165, 1.54) is 11.9 Å². The number of nitrogens with two attached hydrogens (primary N) is 1. The van der Waals surface area contributed by atoms with E-state index in [1.807, 2.05) is 12.1 Å². The largest absolute Gasteiger partial charge is 0.335 e. The molecule has 2 heterocycles. The third-order valence-corrected chi connectivity index (χ3v) is 2.80. The van der Waals surface area contributed by atoms with Crippen molar-refractivity contribution in [3.63, 3.8) is 0 Å². The number of aromatic nitrogens is 4. The maximum absolute atomic E-state index is 5.57. The summed E-state index contributed by atoms with van der Waals surface area (Å²) in [5, 5.41) is 0. The minimum absolute atomic E-state index is 0.648. The summed E-state index contributed by atoms with van der Waals surface area (Å²) in [5.41, 5.74) is 9.35. The van der Waals surface area contributed by atoms with Crippen molar-refractivity contribution in [2.45, 2.75) is 6.42 Å². The Morgan fingerprint density at radius 3 is 3.06 bits per heavy atom. The molecule has 0 atom stereocenters. The predicted molar refractivity (Wildman–Crippen MR) is 69.9 cm³/mol. The number of rotatable bonds is 3. The van der Waals surface area contributed by atoms with Crippen LogP contribution in [0.1, 0.15) is 5.56 Å². The Bertz CT molecular complexity index is 641. The molecule has 2 aromatic heterocycles. The summed E-state index contributed by atoms with van der Waals surface area (Å²) in [5.74, 6) is 0.810. The lowest BCUT2D eigenvalue weighted by Gasteiger charge is -2.01. The van der Waals surface area contributed by atoms with Gasteiger partial charge in [-0.2, -0.15) is 0 Å². The van der Waals surface area contributed by atoms with Gasteiger partial charge in [-0.05, 0) is 24.6 Å². The van der Waals surface area contributed by atoms with Crippen LogP contribution in [0.2, 0.25) is 0 Å². The number of hydrogen-bond donors (Lipinski definition) is 2. The molecule has 3 aromatic rings. The third kappa shape index (κ3) is 1.96. The molecule has 0 aliphatic rings. The van der Waals surface area contributed by atoms with Gasteiger partial charge < -0.3 is 10.7 Å². The highest BCUT2D eigenvalue weighted by Crippen LogP contribution is 2.19. The van der Waals surface area contributed by atoms with Crippen LogP contribution in [0.15, 0.2) is 36.8 Å². The van der Waals surface area contributed by atoms with Gasteiger partial charge in [0.05, 0.1) is 6.20 Å². The smallest absolute Gasteiger partial charge is 0.181 e. The lowest BCUT2D eigenvalue weighted by Crippen LogP contribution is -2.02.